The maximum Gasteiger partial charge on any atom is 0.407 e. The summed E-state index contributed by atoms with van der Waals surface area (Å²) in [6.45, 7) is 6.37. The summed E-state index contributed by atoms with van der Waals surface area (Å²) in [4.78, 5) is 28.2. The molecule has 1 saturated heterocycles. The highest BCUT2D eigenvalue weighted by Gasteiger charge is 2.35. The number of nitrogens with one attached hydrogen (secondary N) is 2. The first-order valence-electron chi connectivity index (χ1n) is 9.98. The number of ether oxygens (including phenoxy) is 1. The predicted molar refractivity (Wildman–Crippen MR) is 113 cm³/mol. The number of benzene rings is 2. The summed E-state index contributed by atoms with van der Waals surface area (Å²) < 4.78 is 11.2. The maximum atomic E-state index is 12.5. The summed E-state index contributed by atoms with van der Waals surface area (Å²) in [6.07, 6.45) is -0.484. The lowest BCUT2D eigenvalue weighted by molar-refractivity contribution is 0.0653. The fourth-order valence-electron chi connectivity index (χ4n) is 3.46. The van der Waals surface area contributed by atoms with Gasteiger partial charge in [-0.15, -0.1) is 0 Å². The molecule has 1 aliphatic heterocycles. The fourth-order valence-corrected chi connectivity index (χ4v) is 3.46. The lowest BCUT2D eigenvalue weighted by atomic mass is 10.00. The molecule has 2 heterocycles. The van der Waals surface area contributed by atoms with Crippen molar-refractivity contribution in [1.82, 2.24) is 15.6 Å². The molecule has 0 bridgehead atoms. The Kier molecular flexibility index (Phi) is 5.11. The minimum atomic E-state index is -0.763. The highest BCUT2D eigenvalue weighted by atomic mass is 16.6. The number of hydrogen-bond acceptors (Lipinski definition) is 6. The first-order valence-corrected chi connectivity index (χ1v) is 9.98. The molecule has 1 aromatic heterocycles. The van der Waals surface area contributed by atoms with Gasteiger partial charge in [0, 0.05) is 16.7 Å². The molecule has 0 spiro atoms. The minimum absolute atomic E-state index is 0.180. The van der Waals surface area contributed by atoms with E-state index in [9.17, 15) is 14.9 Å². The SMILES string of the molecule is CC(C)c1cc(C#N)cc2nc(-c3ccc(C(=O)NCC4(C)CNC(=O)O4)cc3)oc12. The van der Waals surface area contributed by atoms with E-state index in [1.807, 2.05) is 19.9 Å². The number of oxazole rings is 1. The van der Waals surface area contributed by atoms with Gasteiger partial charge in [0.2, 0.25) is 5.89 Å². The highest BCUT2D eigenvalue weighted by molar-refractivity contribution is 5.94. The van der Waals surface area contributed by atoms with Gasteiger partial charge in [0.15, 0.2) is 5.58 Å². The first-order chi connectivity index (χ1) is 14.8. The largest absolute Gasteiger partial charge is 0.439 e. The number of carbonyl (C=O) groups excluding carboxylic acids is 2. The van der Waals surface area contributed by atoms with Gasteiger partial charge in [-0.05, 0) is 49.2 Å². The van der Waals surface area contributed by atoms with Crippen molar-refractivity contribution in [2.24, 2.45) is 0 Å². The second kappa shape index (κ2) is 7.76. The number of nitriles is 1. The molecule has 0 saturated carbocycles. The number of carbonyl (C=O) groups is 2. The smallest absolute Gasteiger partial charge is 0.407 e. The average Bonchev–Trinajstić information content (AvgIpc) is 3.34. The molecule has 158 valence electrons. The zero-order chi connectivity index (χ0) is 22.2. The van der Waals surface area contributed by atoms with Crippen LogP contribution in [0, 0.1) is 11.3 Å². The number of rotatable bonds is 5. The molecule has 31 heavy (non-hydrogen) atoms. The van der Waals surface area contributed by atoms with E-state index >= 15 is 0 Å². The Morgan fingerprint density at radius 3 is 2.68 bits per heavy atom. The van der Waals surface area contributed by atoms with Gasteiger partial charge in [-0.2, -0.15) is 5.26 Å². The van der Waals surface area contributed by atoms with Crippen molar-refractivity contribution in [3.05, 3.63) is 53.1 Å². The number of hydrogen-bond donors (Lipinski definition) is 2. The van der Waals surface area contributed by atoms with Gasteiger partial charge in [0.1, 0.15) is 11.1 Å². The van der Waals surface area contributed by atoms with E-state index in [1.165, 1.54) is 0 Å². The molecule has 0 radical (unpaired) electrons. The Morgan fingerprint density at radius 1 is 1.32 bits per heavy atom. The molecule has 3 aromatic rings. The summed E-state index contributed by atoms with van der Waals surface area (Å²) in [7, 11) is 0. The Hall–Kier alpha value is -3.86. The van der Waals surface area contributed by atoms with Crippen LogP contribution in [0.15, 0.2) is 40.8 Å². The van der Waals surface area contributed by atoms with Gasteiger partial charge in [0.25, 0.3) is 5.91 Å². The molecular formula is C23H22N4O4. The topological polar surface area (TPSA) is 117 Å². The van der Waals surface area contributed by atoms with Crippen molar-refractivity contribution in [3.63, 3.8) is 0 Å². The van der Waals surface area contributed by atoms with Gasteiger partial charge in [-0.3, -0.25) is 4.79 Å². The van der Waals surface area contributed by atoms with Crippen LogP contribution in [0.4, 0.5) is 4.79 Å². The average molecular weight is 418 g/mol. The Morgan fingerprint density at radius 2 is 2.06 bits per heavy atom. The third-order valence-corrected chi connectivity index (χ3v) is 5.23. The summed E-state index contributed by atoms with van der Waals surface area (Å²) in [5, 5.41) is 14.6. The predicted octanol–water partition coefficient (Wildman–Crippen LogP) is 3.72. The van der Waals surface area contributed by atoms with E-state index in [0.717, 1.165) is 11.1 Å². The lowest BCUT2D eigenvalue weighted by Crippen LogP contribution is -2.43. The van der Waals surface area contributed by atoms with Crippen LogP contribution in [-0.4, -0.2) is 35.7 Å². The van der Waals surface area contributed by atoms with E-state index in [2.05, 4.69) is 21.7 Å². The van der Waals surface area contributed by atoms with Crippen molar-refractivity contribution in [3.8, 4) is 17.5 Å². The van der Waals surface area contributed by atoms with Crippen LogP contribution in [-0.2, 0) is 4.74 Å². The fraction of sp³-hybridized carbons (Fsp3) is 0.304. The van der Waals surface area contributed by atoms with Crippen LogP contribution in [0.3, 0.4) is 0 Å². The van der Waals surface area contributed by atoms with E-state index < -0.39 is 11.7 Å². The van der Waals surface area contributed by atoms with Crippen LogP contribution in [0.2, 0.25) is 0 Å². The number of fused-ring (bicyclic) bond motifs is 1. The van der Waals surface area contributed by atoms with E-state index in [0.29, 0.717) is 34.7 Å². The van der Waals surface area contributed by atoms with Crippen LogP contribution in [0.25, 0.3) is 22.6 Å². The zero-order valence-electron chi connectivity index (χ0n) is 17.5. The number of cyclic esters (lactones) is 1. The Balaban J connectivity index is 1.53. The molecule has 2 aromatic carbocycles. The molecule has 1 aliphatic rings. The lowest BCUT2D eigenvalue weighted by Gasteiger charge is -2.21. The normalized spacial score (nSPS) is 18.0. The molecule has 1 fully saturated rings. The molecule has 1 unspecified atom stereocenters. The van der Waals surface area contributed by atoms with Gasteiger partial charge < -0.3 is 19.8 Å². The molecule has 4 rings (SSSR count). The van der Waals surface area contributed by atoms with Crippen molar-refractivity contribution in [2.45, 2.75) is 32.3 Å². The number of alkyl carbamates (subject to hydrolysis) is 1. The van der Waals surface area contributed by atoms with Gasteiger partial charge in [-0.1, -0.05) is 13.8 Å². The van der Waals surface area contributed by atoms with Crippen molar-refractivity contribution in [1.29, 1.82) is 5.26 Å². The first kappa shape index (κ1) is 20.4. The highest BCUT2D eigenvalue weighted by Crippen LogP contribution is 2.31. The molecule has 8 heteroatoms. The monoisotopic (exact) mass is 418 g/mol. The summed E-state index contributed by atoms with van der Waals surface area (Å²) >= 11 is 0. The molecule has 0 aliphatic carbocycles. The molecule has 2 amide bonds. The number of aromatic nitrogens is 1. The zero-order valence-corrected chi connectivity index (χ0v) is 17.5. The molecular weight excluding hydrogens is 396 g/mol. The van der Waals surface area contributed by atoms with Crippen molar-refractivity contribution >= 4 is 23.1 Å². The summed E-state index contributed by atoms with van der Waals surface area (Å²) in [5.41, 5.74) is 3.20. The van der Waals surface area contributed by atoms with E-state index in [-0.39, 0.29) is 18.4 Å². The van der Waals surface area contributed by atoms with Gasteiger partial charge >= 0.3 is 6.09 Å². The number of amides is 2. The molecule has 8 nitrogen and oxygen atoms in total. The number of nitrogens with zero attached hydrogens (tertiary/aromatic N) is 2. The van der Waals surface area contributed by atoms with Gasteiger partial charge in [-0.25, -0.2) is 9.78 Å². The quantitative estimate of drug-likeness (QED) is 0.652. The minimum Gasteiger partial charge on any atom is -0.439 e. The van der Waals surface area contributed by atoms with E-state index in [4.69, 9.17) is 9.15 Å². The standard InChI is InChI=1S/C23H22N4O4/c1-13(2)17-8-14(10-24)9-18-19(17)30-21(27-18)16-6-4-15(5-7-16)20(28)25-11-23(3)12-26-22(29)31-23/h4-9,13H,11-12H2,1-3H3,(H,25,28)(H,26,29). The third kappa shape index (κ3) is 4.08. The van der Waals surface area contributed by atoms with Crippen LogP contribution in [0.1, 0.15) is 48.2 Å². The third-order valence-electron chi connectivity index (χ3n) is 5.23. The van der Waals surface area contributed by atoms with Crippen LogP contribution >= 0.6 is 0 Å². The van der Waals surface area contributed by atoms with E-state index in [1.54, 1.807) is 37.3 Å². The van der Waals surface area contributed by atoms with Crippen LogP contribution in [0.5, 0.6) is 0 Å². The van der Waals surface area contributed by atoms with Crippen molar-refractivity contribution < 1.29 is 18.7 Å². The Bertz CT molecular complexity index is 1210. The second-order valence-electron chi connectivity index (χ2n) is 8.15. The van der Waals surface area contributed by atoms with Gasteiger partial charge in [0.05, 0.1) is 24.7 Å². The van der Waals surface area contributed by atoms with Crippen LogP contribution < -0.4 is 10.6 Å². The van der Waals surface area contributed by atoms with Crippen molar-refractivity contribution in [2.75, 3.05) is 13.1 Å². The summed E-state index contributed by atoms with van der Waals surface area (Å²) in [5.74, 6) is 0.336. The molecule has 1 atom stereocenters. The summed E-state index contributed by atoms with van der Waals surface area (Å²) in [6, 6.07) is 12.6. The Labute approximate surface area is 179 Å². The molecule has 2 N–H and O–H groups in total. The maximum absolute atomic E-state index is 12.5. The second-order valence-corrected chi connectivity index (χ2v) is 8.15.